The van der Waals surface area contributed by atoms with Crippen LogP contribution in [0.25, 0.3) is 5.65 Å². The predicted molar refractivity (Wildman–Crippen MR) is 78.3 cm³/mol. The average molecular weight is 292 g/mol. The van der Waals surface area contributed by atoms with Crippen molar-refractivity contribution in [3.63, 3.8) is 0 Å². The highest BCUT2D eigenvalue weighted by Gasteiger charge is 2.40. The van der Waals surface area contributed by atoms with Crippen molar-refractivity contribution >= 4 is 17.5 Å². The first kappa shape index (κ1) is 12.7. The summed E-state index contributed by atoms with van der Waals surface area (Å²) >= 11 is 0. The molecule has 3 aromatic rings. The Kier molecular flexibility index (Phi) is 2.59. The van der Waals surface area contributed by atoms with Gasteiger partial charge < -0.3 is 0 Å². The number of pyridine rings is 1. The van der Waals surface area contributed by atoms with Gasteiger partial charge in [0.1, 0.15) is 0 Å². The summed E-state index contributed by atoms with van der Waals surface area (Å²) in [7, 11) is 0. The van der Waals surface area contributed by atoms with Crippen LogP contribution in [0.2, 0.25) is 0 Å². The molecule has 0 spiro atoms. The third kappa shape index (κ3) is 1.60. The van der Waals surface area contributed by atoms with Crippen molar-refractivity contribution in [2.24, 2.45) is 0 Å². The SMILES string of the molecule is C[C@@H](c1nnc2ccccn12)N1C(=O)c2ccccc2C1=O. The fraction of sp³-hybridized carbons (Fsp3) is 0.125. The summed E-state index contributed by atoms with van der Waals surface area (Å²) in [5, 5.41) is 8.21. The lowest BCUT2D eigenvalue weighted by atomic mass is 10.1. The summed E-state index contributed by atoms with van der Waals surface area (Å²) in [4.78, 5) is 26.3. The van der Waals surface area contributed by atoms with E-state index in [2.05, 4.69) is 10.2 Å². The van der Waals surface area contributed by atoms with Crippen LogP contribution >= 0.6 is 0 Å². The van der Waals surface area contributed by atoms with Gasteiger partial charge in [-0.2, -0.15) is 0 Å². The van der Waals surface area contributed by atoms with Crippen LogP contribution in [0.5, 0.6) is 0 Å². The van der Waals surface area contributed by atoms with E-state index in [0.29, 0.717) is 22.6 Å². The molecule has 1 atom stereocenters. The molecule has 3 heterocycles. The van der Waals surface area contributed by atoms with Gasteiger partial charge in [0.05, 0.1) is 17.2 Å². The maximum absolute atomic E-state index is 12.5. The normalized spacial score (nSPS) is 15.4. The number of imide groups is 1. The molecule has 0 unspecified atom stereocenters. The highest BCUT2D eigenvalue weighted by atomic mass is 16.2. The Morgan fingerprint density at radius 3 is 2.23 bits per heavy atom. The Balaban J connectivity index is 1.80. The molecule has 4 rings (SSSR count). The second-order valence-electron chi connectivity index (χ2n) is 5.19. The first-order chi connectivity index (χ1) is 10.7. The lowest BCUT2D eigenvalue weighted by Gasteiger charge is -2.20. The lowest BCUT2D eigenvalue weighted by molar-refractivity contribution is 0.0588. The maximum atomic E-state index is 12.5. The second kappa shape index (κ2) is 4.49. The second-order valence-corrected chi connectivity index (χ2v) is 5.19. The number of carbonyl (C=O) groups excluding carboxylic acids is 2. The summed E-state index contributed by atoms with van der Waals surface area (Å²) < 4.78 is 1.79. The summed E-state index contributed by atoms with van der Waals surface area (Å²) in [6.45, 7) is 1.78. The fourth-order valence-electron chi connectivity index (χ4n) is 2.82. The van der Waals surface area contributed by atoms with Crippen LogP contribution in [0.3, 0.4) is 0 Å². The highest BCUT2D eigenvalue weighted by Crippen LogP contribution is 2.30. The number of fused-ring (bicyclic) bond motifs is 2. The van der Waals surface area contributed by atoms with Crippen LogP contribution in [-0.4, -0.2) is 31.3 Å². The summed E-state index contributed by atoms with van der Waals surface area (Å²) in [6.07, 6.45) is 1.82. The molecule has 0 saturated heterocycles. The molecular weight excluding hydrogens is 280 g/mol. The minimum Gasteiger partial charge on any atom is -0.285 e. The number of aromatic nitrogens is 3. The van der Waals surface area contributed by atoms with Crippen molar-refractivity contribution in [3.05, 3.63) is 65.6 Å². The monoisotopic (exact) mass is 292 g/mol. The lowest BCUT2D eigenvalue weighted by Crippen LogP contribution is -2.33. The van der Waals surface area contributed by atoms with Crippen LogP contribution in [-0.2, 0) is 0 Å². The molecule has 1 aliphatic rings. The number of hydrogen-bond donors (Lipinski definition) is 0. The van der Waals surface area contributed by atoms with E-state index in [0.717, 1.165) is 0 Å². The number of nitrogens with zero attached hydrogens (tertiary/aromatic N) is 4. The van der Waals surface area contributed by atoms with E-state index in [4.69, 9.17) is 0 Å². The topological polar surface area (TPSA) is 67.6 Å². The Morgan fingerprint density at radius 1 is 0.909 bits per heavy atom. The molecule has 0 saturated carbocycles. The maximum Gasteiger partial charge on any atom is 0.262 e. The number of carbonyl (C=O) groups is 2. The smallest absolute Gasteiger partial charge is 0.262 e. The van der Waals surface area contributed by atoms with Gasteiger partial charge in [-0.05, 0) is 31.2 Å². The quantitative estimate of drug-likeness (QED) is 0.678. The summed E-state index contributed by atoms with van der Waals surface area (Å²) in [5.41, 5.74) is 1.56. The van der Waals surface area contributed by atoms with E-state index in [1.807, 2.05) is 24.4 Å². The van der Waals surface area contributed by atoms with Crippen LogP contribution in [0.4, 0.5) is 0 Å². The largest absolute Gasteiger partial charge is 0.285 e. The van der Waals surface area contributed by atoms with Gasteiger partial charge in [0.15, 0.2) is 11.5 Å². The first-order valence-electron chi connectivity index (χ1n) is 6.95. The predicted octanol–water partition coefficient (Wildman–Crippen LogP) is 2.09. The van der Waals surface area contributed by atoms with Gasteiger partial charge in [0, 0.05) is 6.20 Å². The zero-order valence-electron chi connectivity index (χ0n) is 11.8. The fourth-order valence-corrected chi connectivity index (χ4v) is 2.82. The van der Waals surface area contributed by atoms with Crippen LogP contribution in [0.15, 0.2) is 48.7 Å². The minimum absolute atomic E-state index is 0.291. The number of rotatable bonds is 2. The number of amides is 2. The minimum atomic E-state index is -0.496. The van der Waals surface area contributed by atoms with Crippen molar-refractivity contribution in [1.29, 1.82) is 0 Å². The third-order valence-corrected chi connectivity index (χ3v) is 3.93. The average Bonchev–Trinajstić information content (AvgIpc) is 3.08. The molecule has 1 aliphatic heterocycles. The zero-order valence-corrected chi connectivity index (χ0v) is 11.8. The van der Waals surface area contributed by atoms with Crippen molar-refractivity contribution in [3.8, 4) is 0 Å². The van der Waals surface area contributed by atoms with E-state index in [-0.39, 0.29) is 11.8 Å². The molecule has 0 fully saturated rings. The van der Waals surface area contributed by atoms with E-state index < -0.39 is 6.04 Å². The van der Waals surface area contributed by atoms with Gasteiger partial charge in [0.2, 0.25) is 0 Å². The Morgan fingerprint density at radius 2 is 1.55 bits per heavy atom. The molecule has 0 N–H and O–H groups in total. The molecule has 2 aromatic heterocycles. The molecule has 0 bridgehead atoms. The molecular formula is C16H12N4O2. The van der Waals surface area contributed by atoms with Gasteiger partial charge in [-0.3, -0.25) is 18.9 Å². The Labute approximate surface area is 126 Å². The highest BCUT2D eigenvalue weighted by molar-refractivity contribution is 6.21. The van der Waals surface area contributed by atoms with Gasteiger partial charge >= 0.3 is 0 Å². The van der Waals surface area contributed by atoms with Crippen molar-refractivity contribution in [2.75, 3.05) is 0 Å². The molecule has 1 aromatic carbocycles. The number of hydrogen-bond acceptors (Lipinski definition) is 4. The molecule has 6 heteroatoms. The van der Waals surface area contributed by atoms with Gasteiger partial charge in [0.25, 0.3) is 11.8 Å². The molecule has 6 nitrogen and oxygen atoms in total. The van der Waals surface area contributed by atoms with Crippen LogP contribution in [0.1, 0.15) is 39.5 Å². The van der Waals surface area contributed by atoms with Crippen LogP contribution < -0.4 is 0 Å². The van der Waals surface area contributed by atoms with E-state index in [9.17, 15) is 9.59 Å². The van der Waals surface area contributed by atoms with Crippen molar-refractivity contribution < 1.29 is 9.59 Å². The van der Waals surface area contributed by atoms with Crippen molar-refractivity contribution in [2.45, 2.75) is 13.0 Å². The van der Waals surface area contributed by atoms with Gasteiger partial charge in [-0.1, -0.05) is 18.2 Å². The third-order valence-electron chi connectivity index (χ3n) is 3.93. The van der Waals surface area contributed by atoms with Crippen LogP contribution in [0, 0.1) is 0 Å². The molecule has 0 radical (unpaired) electrons. The molecule has 2 amide bonds. The van der Waals surface area contributed by atoms with E-state index >= 15 is 0 Å². The Hall–Kier alpha value is -3.02. The molecule has 108 valence electrons. The van der Waals surface area contributed by atoms with E-state index in [1.165, 1.54) is 4.90 Å². The van der Waals surface area contributed by atoms with Gasteiger partial charge in [-0.25, -0.2) is 0 Å². The first-order valence-corrected chi connectivity index (χ1v) is 6.95. The van der Waals surface area contributed by atoms with Gasteiger partial charge in [-0.15, -0.1) is 10.2 Å². The van der Waals surface area contributed by atoms with Crippen molar-refractivity contribution in [1.82, 2.24) is 19.5 Å². The standard InChI is InChI=1S/C16H12N4O2/c1-10(14-18-17-13-8-4-5-9-19(13)14)20-15(21)11-6-2-3-7-12(11)16(20)22/h2-10H,1H3/t10-/m0/s1. The summed E-state index contributed by atoms with van der Waals surface area (Å²) in [5.74, 6) is -0.0216. The number of benzene rings is 1. The molecule has 0 aliphatic carbocycles. The summed E-state index contributed by atoms with van der Waals surface area (Å²) in [6, 6.07) is 11.9. The molecule has 22 heavy (non-hydrogen) atoms. The zero-order chi connectivity index (χ0) is 15.3. The Bertz CT molecular complexity index is 880. The van der Waals surface area contributed by atoms with E-state index in [1.54, 1.807) is 35.6 Å².